The van der Waals surface area contributed by atoms with Gasteiger partial charge in [-0.1, -0.05) is 28.9 Å². The van der Waals surface area contributed by atoms with Crippen LogP contribution in [0.25, 0.3) is 0 Å². The van der Waals surface area contributed by atoms with Gasteiger partial charge in [-0.3, -0.25) is 0 Å². The molecule has 2 aromatic rings. The first-order chi connectivity index (χ1) is 10.1. The molecule has 0 saturated carbocycles. The molecule has 5 heteroatoms. The van der Waals surface area contributed by atoms with Crippen molar-refractivity contribution in [2.24, 2.45) is 0 Å². The molecule has 2 rings (SSSR count). The van der Waals surface area contributed by atoms with E-state index in [1.807, 2.05) is 18.2 Å². The summed E-state index contributed by atoms with van der Waals surface area (Å²) in [7, 11) is 0. The van der Waals surface area contributed by atoms with Crippen LogP contribution in [-0.2, 0) is 6.54 Å². The molecule has 0 amide bonds. The van der Waals surface area contributed by atoms with Gasteiger partial charge in [0.1, 0.15) is 17.3 Å². The highest BCUT2D eigenvalue weighted by Crippen LogP contribution is 2.32. The molecule has 0 heterocycles. The maximum Gasteiger partial charge on any atom is 0.141 e. The van der Waals surface area contributed by atoms with Crippen molar-refractivity contribution < 1.29 is 9.13 Å². The predicted octanol–water partition coefficient (Wildman–Crippen LogP) is 5.64. The second kappa shape index (κ2) is 7.92. The van der Waals surface area contributed by atoms with E-state index in [1.165, 1.54) is 17.7 Å². The van der Waals surface area contributed by atoms with Crippen LogP contribution in [0.15, 0.2) is 45.3 Å². The molecule has 0 aliphatic rings. The lowest BCUT2D eigenvalue weighted by Gasteiger charge is -2.10. The van der Waals surface area contributed by atoms with Crippen LogP contribution in [0.5, 0.6) is 11.5 Å². The number of hydrogen-bond donors (Lipinski definition) is 1. The van der Waals surface area contributed by atoms with Crippen molar-refractivity contribution in [1.29, 1.82) is 0 Å². The zero-order chi connectivity index (χ0) is 15.2. The van der Waals surface area contributed by atoms with E-state index in [-0.39, 0.29) is 5.82 Å². The van der Waals surface area contributed by atoms with Gasteiger partial charge in [-0.05, 0) is 58.7 Å². The Kier molecular flexibility index (Phi) is 6.21. The van der Waals surface area contributed by atoms with Crippen LogP contribution < -0.4 is 10.1 Å². The second-order valence-corrected chi connectivity index (χ2v) is 6.42. The van der Waals surface area contributed by atoms with Crippen LogP contribution >= 0.6 is 31.9 Å². The largest absolute Gasteiger partial charge is 0.456 e. The lowest BCUT2D eigenvalue weighted by Crippen LogP contribution is -2.13. The maximum absolute atomic E-state index is 13.3. The van der Waals surface area contributed by atoms with Crippen LogP contribution in [0.1, 0.15) is 18.9 Å². The summed E-state index contributed by atoms with van der Waals surface area (Å²) >= 11 is 6.74. The molecular formula is C16H16Br2FNO. The molecule has 112 valence electrons. The van der Waals surface area contributed by atoms with Crippen LogP contribution in [-0.4, -0.2) is 6.54 Å². The van der Waals surface area contributed by atoms with Crippen molar-refractivity contribution in [1.82, 2.24) is 5.32 Å². The standard InChI is InChI=1S/C16H16Br2FNO/c1-2-5-20-10-11-3-4-16(15(18)6-11)21-14-8-12(17)7-13(19)9-14/h3-4,6-9,20H,2,5,10H2,1H3. The Labute approximate surface area is 141 Å². The third-order valence-electron chi connectivity index (χ3n) is 2.82. The first-order valence-electron chi connectivity index (χ1n) is 6.71. The van der Waals surface area contributed by atoms with Crippen molar-refractivity contribution in [3.63, 3.8) is 0 Å². The molecule has 2 aromatic carbocycles. The molecule has 0 aliphatic carbocycles. The van der Waals surface area contributed by atoms with E-state index in [4.69, 9.17) is 4.74 Å². The lowest BCUT2D eigenvalue weighted by molar-refractivity contribution is 0.473. The van der Waals surface area contributed by atoms with E-state index >= 15 is 0 Å². The van der Waals surface area contributed by atoms with Gasteiger partial charge in [0.2, 0.25) is 0 Å². The Balaban J connectivity index is 2.10. The summed E-state index contributed by atoms with van der Waals surface area (Å²) in [5, 5.41) is 3.35. The van der Waals surface area contributed by atoms with E-state index < -0.39 is 0 Å². The van der Waals surface area contributed by atoms with Crippen LogP contribution in [0, 0.1) is 5.82 Å². The summed E-state index contributed by atoms with van der Waals surface area (Å²) in [4.78, 5) is 0. The van der Waals surface area contributed by atoms with E-state index in [9.17, 15) is 4.39 Å². The van der Waals surface area contributed by atoms with Gasteiger partial charge in [-0.25, -0.2) is 4.39 Å². The van der Waals surface area contributed by atoms with E-state index in [1.54, 1.807) is 6.07 Å². The molecule has 0 unspecified atom stereocenters. The number of hydrogen-bond acceptors (Lipinski definition) is 2. The fourth-order valence-corrected chi connectivity index (χ4v) is 2.81. The summed E-state index contributed by atoms with van der Waals surface area (Å²) in [5.74, 6) is 0.780. The Morgan fingerprint density at radius 2 is 1.95 bits per heavy atom. The summed E-state index contributed by atoms with van der Waals surface area (Å²) in [6.07, 6.45) is 1.11. The molecule has 2 nitrogen and oxygen atoms in total. The SMILES string of the molecule is CCCNCc1ccc(Oc2cc(F)cc(Br)c2)c(Br)c1. The topological polar surface area (TPSA) is 21.3 Å². The summed E-state index contributed by atoms with van der Waals surface area (Å²) in [6, 6.07) is 10.4. The Morgan fingerprint density at radius 3 is 2.62 bits per heavy atom. The van der Waals surface area contributed by atoms with Gasteiger partial charge in [0.15, 0.2) is 0 Å². The highest BCUT2D eigenvalue weighted by Gasteiger charge is 2.06. The molecule has 0 spiro atoms. The monoisotopic (exact) mass is 415 g/mol. The van der Waals surface area contributed by atoms with E-state index in [0.29, 0.717) is 16.0 Å². The van der Waals surface area contributed by atoms with Gasteiger partial charge in [0, 0.05) is 17.1 Å². The normalized spacial score (nSPS) is 10.7. The molecular weight excluding hydrogens is 401 g/mol. The molecule has 1 N–H and O–H groups in total. The van der Waals surface area contributed by atoms with Gasteiger partial charge in [0.25, 0.3) is 0 Å². The Morgan fingerprint density at radius 1 is 1.14 bits per heavy atom. The fourth-order valence-electron chi connectivity index (χ4n) is 1.86. The third-order valence-corrected chi connectivity index (χ3v) is 3.89. The predicted molar refractivity (Wildman–Crippen MR) is 90.3 cm³/mol. The molecule has 0 fully saturated rings. The first-order valence-corrected chi connectivity index (χ1v) is 8.30. The van der Waals surface area contributed by atoms with Crippen molar-refractivity contribution >= 4 is 31.9 Å². The molecule has 0 saturated heterocycles. The number of ether oxygens (including phenoxy) is 1. The van der Waals surface area contributed by atoms with Crippen molar-refractivity contribution in [2.75, 3.05) is 6.54 Å². The minimum absolute atomic E-state index is 0.337. The number of rotatable bonds is 6. The van der Waals surface area contributed by atoms with Gasteiger partial charge in [-0.2, -0.15) is 0 Å². The zero-order valence-electron chi connectivity index (χ0n) is 11.6. The number of benzene rings is 2. The first kappa shape index (κ1) is 16.5. The molecule has 0 radical (unpaired) electrons. The maximum atomic E-state index is 13.3. The lowest BCUT2D eigenvalue weighted by atomic mass is 10.2. The van der Waals surface area contributed by atoms with E-state index in [0.717, 1.165) is 24.0 Å². The summed E-state index contributed by atoms with van der Waals surface area (Å²) in [5.41, 5.74) is 1.17. The van der Waals surface area contributed by atoms with Crippen molar-refractivity contribution in [3.8, 4) is 11.5 Å². The molecule has 21 heavy (non-hydrogen) atoms. The van der Waals surface area contributed by atoms with Crippen LogP contribution in [0.4, 0.5) is 4.39 Å². The van der Waals surface area contributed by atoms with Gasteiger partial charge in [-0.15, -0.1) is 0 Å². The van der Waals surface area contributed by atoms with Crippen LogP contribution in [0.2, 0.25) is 0 Å². The van der Waals surface area contributed by atoms with Crippen molar-refractivity contribution in [2.45, 2.75) is 19.9 Å². The molecule has 0 aromatic heterocycles. The quantitative estimate of drug-likeness (QED) is 0.615. The average molecular weight is 417 g/mol. The van der Waals surface area contributed by atoms with Crippen LogP contribution in [0.3, 0.4) is 0 Å². The van der Waals surface area contributed by atoms with Gasteiger partial charge in [0.05, 0.1) is 4.47 Å². The van der Waals surface area contributed by atoms with E-state index in [2.05, 4.69) is 44.1 Å². The number of halogens is 3. The zero-order valence-corrected chi connectivity index (χ0v) is 14.8. The smallest absolute Gasteiger partial charge is 0.141 e. The van der Waals surface area contributed by atoms with Gasteiger partial charge >= 0.3 is 0 Å². The fraction of sp³-hybridized carbons (Fsp3) is 0.250. The number of nitrogens with one attached hydrogen (secondary N) is 1. The highest BCUT2D eigenvalue weighted by molar-refractivity contribution is 9.10. The Bertz CT molecular complexity index is 599. The second-order valence-electron chi connectivity index (χ2n) is 4.65. The third kappa shape index (κ3) is 5.09. The molecule has 0 atom stereocenters. The average Bonchev–Trinajstić information content (AvgIpc) is 2.41. The van der Waals surface area contributed by atoms with Crippen molar-refractivity contribution in [3.05, 3.63) is 56.7 Å². The molecule has 0 bridgehead atoms. The molecule has 0 aliphatic heterocycles. The Hall–Kier alpha value is -0.910. The van der Waals surface area contributed by atoms with Gasteiger partial charge < -0.3 is 10.1 Å². The minimum Gasteiger partial charge on any atom is -0.456 e. The minimum atomic E-state index is -0.337. The highest BCUT2D eigenvalue weighted by atomic mass is 79.9. The summed E-state index contributed by atoms with van der Waals surface area (Å²) in [6.45, 7) is 3.95. The summed E-state index contributed by atoms with van der Waals surface area (Å²) < 4.78 is 20.5.